The molecule has 3 aromatic carbocycles. The molecule has 0 aliphatic rings. The van der Waals surface area contributed by atoms with Crippen LogP contribution < -0.4 is 10.6 Å². The van der Waals surface area contributed by atoms with E-state index in [1.54, 1.807) is 36.4 Å². The zero-order chi connectivity index (χ0) is 22.5. The third kappa shape index (κ3) is 5.64. The predicted octanol–water partition coefficient (Wildman–Crippen LogP) is 5.53. The predicted molar refractivity (Wildman–Crippen MR) is 111 cm³/mol. The molecule has 0 unspecified atom stereocenters. The quantitative estimate of drug-likeness (QED) is 0.296. The van der Waals surface area contributed by atoms with Gasteiger partial charge in [0.15, 0.2) is 23.3 Å². The molecule has 0 saturated heterocycles. The van der Waals surface area contributed by atoms with Gasteiger partial charge in [-0.2, -0.15) is 0 Å². The molecule has 2 amide bonds. The molecule has 0 saturated carbocycles. The van der Waals surface area contributed by atoms with E-state index in [2.05, 4.69) is 5.32 Å². The van der Waals surface area contributed by atoms with Crippen molar-refractivity contribution in [2.75, 3.05) is 16.4 Å². The maximum atomic E-state index is 13.7. The van der Waals surface area contributed by atoms with Crippen molar-refractivity contribution in [3.05, 3.63) is 89.0 Å². The molecule has 0 aromatic heterocycles. The van der Waals surface area contributed by atoms with Crippen molar-refractivity contribution in [3.63, 3.8) is 0 Å². The van der Waals surface area contributed by atoms with Crippen LogP contribution in [0.4, 0.5) is 28.9 Å². The highest BCUT2D eigenvalue weighted by molar-refractivity contribution is 8.00. The molecule has 0 aliphatic carbocycles. The van der Waals surface area contributed by atoms with Crippen molar-refractivity contribution in [2.45, 2.75) is 11.8 Å². The fourth-order valence-electron chi connectivity index (χ4n) is 2.58. The standard InChI is InChI=1S/C22H16F4N2O2S/c1-12-5-7-13(8-6-12)22(30)27-14-3-2-4-15(9-14)31-11-18(29)28-21-19(25)16(23)10-17(24)20(21)26/h2-10H,11H2,1H3,(H,27,30)(H,28,29). The van der Waals surface area contributed by atoms with Crippen molar-refractivity contribution in [2.24, 2.45) is 0 Å². The number of carbonyl (C=O) groups excluding carboxylic acids is 2. The van der Waals surface area contributed by atoms with Gasteiger partial charge in [0, 0.05) is 22.2 Å². The van der Waals surface area contributed by atoms with Crippen LogP contribution in [-0.2, 0) is 4.79 Å². The van der Waals surface area contributed by atoms with Gasteiger partial charge in [-0.25, -0.2) is 17.6 Å². The number of nitrogens with one attached hydrogen (secondary N) is 2. The zero-order valence-corrected chi connectivity index (χ0v) is 17.0. The SMILES string of the molecule is Cc1ccc(C(=O)Nc2cccc(SCC(=O)Nc3c(F)c(F)cc(F)c3F)c2)cc1. The van der Waals surface area contributed by atoms with Crippen LogP contribution >= 0.6 is 11.8 Å². The van der Waals surface area contributed by atoms with Crippen molar-refractivity contribution in [3.8, 4) is 0 Å². The summed E-state index contributed by atoms with van der Waals surface area (Å²) in [5, 5.41) is 4.58. The first-order valence-corrected chi connectivity index (χ1v) is 9.97. The van der Waals surface area contributed by atoms with Crippen LogP contribution in [0.5, 0.6) is 0 Å². The summed E-state index contributed by atoms with van der Waals surface area (Å²) in [4.78, 5) is 24.9. The highest BCUT2D eigenvalue weighted by atomic mass is 32.2. The Hall–Kier alpha value is -3.33. The molecule has 9 heteroatoms. The maximum absolute atomic E-state index is 13.7. The van der Waals surface area contributed by atoms with Crippen LogP contribution in [0, 0.1) is 30.2 Å². The Balaban J connectivity index is 1.62. The van der Waals surface area contributed by atoms with Crippen LogP contribution in [0.1, 0.15) is 15.9 Å². The lowest BCUT2D eigenvalue weighted by molar-refractivity contribution is -0.113. The average Bonchev–Trinajstić information content (AvgIpc) is 2.74. The first kappa shape index (κ1) is 22.4. The summed E-state index contributed by atoms with van der Waals surface area (Å²) in [7, 11) is 0. The minimum Gasteiger partial charge on any atom is -0.322 e. The molecule has 2 N–H and O–H groups in total. The zero-order valence-electron chi connectivity index (χ0n) is 16.1. The van der Waals surface area contributed by atoms with Gasteiger partial charge in [0.05, 0.1) is 5.75 Å². The molecular formula is C22H16F4N2O2S. The van der Waals surface area contributed by atoms with Crippen LogP contribution in [0.3, 0.4) is 0 Å². The average molecular weight is 448 g/mol. The summed E-state index contributed by atoms with van der Waals surface area (Å²) >= 11 is 1.01. The summed E-state index contributed by atoms with van der Waals surface area (Å²) in [6.07, 6.45) is 0. The first-order valence-electron chi connectivity index (χ1n) is 8.98. The first-order chi connectivity index (χ1) is 14.7. The van der Waals surface area contributed by atoms with E-state index < -0.39 is 34.9 Å². The molecule has 0 fully saturated rings. The molecular weight excluding hydrogens is 432 g/mol. The van der Waals surface area contributed by atoms with Crippen LogP contribution in [0.2, 0.25) is 0 Å². The third-order valence-electron chi connectivity index (χ3n) is 4.15. The molecule has 0 aliphatic heterocycles. The van der Waals surface area contributed by atoms with Gasteiger partial charge < -0.3 is 10.6 Å². The van der Waals surface area contributed by atoms with E-state index >= 15 is 0 Å². The number of thioether (sulfide) groups is 1. The summed E-state index contributed by atoms with van der Waals surface area (Å²) in [6, 6.07) is 13.7. The fraction of sp³-hybridized carbons (Fsp3) is 0.0909. The number of hydrogen-bond donors (Lipinski definition) is 2. The Morgan fingerprint density at radius 1 is 0.871 bits per heavy atom. The third-order valence-corrected chi connectivity index (χ3v) is 5.15. The lowest BCUT2D eigenvalue weighted by atomic mass is 10.1. The minimum atomic E-state index is -1.68. The fourth-order valence-corrected chi connectivity index (χ4v) is 3.33. The van der Waals surface area contributed by atoms with Gasteiger partial charge in [0.1, 0.15) is 5.69 Å². The number of hydrogen-bond acceptors (Lipinski definition) is 3. The largest absolute Gasteiger partial charge is 0.322 e. The Kier molecular flexibility index (Phi) is 6.96. The second kappa shape index (κ2) is 9.65. The van der Waals surface area contributed by atoms with E-state index in [0.29, 0.717) is 16.1 Å². The maximum Gasteiger partial charge on any atom is 0.255 e. The van der Waals surface area contributed by atoms with Crippen molar-refractivity contribution >= 4 is 35.0 Å². The number of carbonyl (C=O) groups is 2. The molecule has 4 nitrogen and oxygen atoms in total. The Morgan fingerprint density at radius 2 is 1.52 bits per heavy atom. The van der Waals surface area contributed by atoms with Crippen molar-refractivity contribution < 1.29 is 27.2 Å². The molecule has 3 rings (SSSR count). The number of anilines is 2. The molecule has 0 spiro atoms. The molecule has 0 heterocycles. The van der Waals surface area contributed by atoms with E-state index in [-0.39, 0.29) is 17.7 Å². The summed E-state index contributed by atoms with van der Waals surface area (Å²) in [6.45, 7) is 1.91. The van der Waals surface area contributed by atoms with Gasteiger partial charge >= 0.3 is 0 Å². The number of aryl methyl sites for hydroxylation is 1. The number of benzene rings is 3. The Morgan fingerprint density at radius 3 is 2.16 bits per heavy atom. The molecule has 31 heavy (non-hydrogen) atoms. The van der Waals surface area contributed by atoms with E-state index in [1.807, 2.05) is 24.4 Å². The van der Waals surface area contributed by atoms with E-state index in [1.165, 1.54) is 0 Å². The smallest absolute Gasteiger partial charge is 0.255 e. The Bertz CT molecular complexity index is 1110. The minimum absolute atomic E-state index is 0.0610. The van der Waals surface area contributed by atoms with Crippen molar-refractivity contribution in [1.29, 1.82) is 0 Å². The van der Waals surface area contributed by atoms with Crippen LogP contribution in [-0.4, -0.2) is 17.6 Å². The number of halogens is 4. The normalized spacial score (nSPS) is 10.6. The molecule has 0 atom stereocenters. The Labute approximate surface area is 179 Å². The highest BCUT2D eigenvalue weighted by Crippen LogP contribution is 2.26. The van der Waals surface area contributed by atoms with Gasteiger partial charge in [0.25, 0.3) is 5.91 Å². The summed E-state index contributed by atoms with van der Waals surface area (Å²) in [5.74, 6) is -8.04. The van der Waals surface area contributed by atoms with Gasteiger partial charge in [-0.15, -0.1) is 11.8 Å². The molecule has 0 radical (unpaired) electrons. The summed E-state index contributed by atoms with van der Waals surface area (Å²) < 4.78 is 53.8. The number of amides is 2. The molecule has 160 valence electrons. The van der Waals surface area contributed by atoms with Gasteiger partial charge in [-0.3, -0.25) is 9.59 Å². The topological polar surface area (TPSA) is 58.2 Å². The van der Waals surface area contributed by atoms with Gasteiger partial charge in [-0.1, -0.05) is 23.8 Å². The second-order valence-electron chi connectivity index (χ2n) is 6.53. The lowest BCUT2D eigenvalue weighted by Crippen LogP contribution is -2.17. The lowest BCUT2D eigenvalue weighted by Gasteiger charge is -2.10. The van der Waals surface area contributed by atoms with E-state index in [9.17, 15) is 27.2 Å². The summed E-state index contributed by atoms with van der Waals surface area (Å²) in [5.41, 5.74) is 0.811. The molecule has 0 bridgehead atoms. The van der Waals surface area contributed by atoms with Crippen LogP contribution in [0.15, 0.2) is 59.5 Å². The van der Waals surface area contributed by atoms with Gasteiger partial charge in [0.2, 0.25) is 5.91 Å². The van der Waals surface area contributed by atoms with E-state index in [0.717, 1.165) is 17.3 Å². The highest BCUT2D eigenvalue weighted by Gasteiger charge is 2.21. The second-order valence-corrected chi connectivity index (χ2v) is 7.58. The monoisotopic (exact) mass is 448 g/mol. The molecule has 3 aromatic rings. The van der Waals surface area contributed by atoms with Gasteiger partial charge in [-0.05, 0) is 37.3 Å². The van der Waals surface area contributed by atoms with E-state index in [4.69, 9.17) is 0 Å². The van der Waals surface area contributed by atoms with Crippen LogP contribution in [0.25, 0.3) is 0 Å². The van der Waals surface area contributed by atoms with Crippen molar-refractivity contribution in [1.82, 2.24) is 0 Å². The number of rotatable bonds is 6.